The molecule has 2 aromatic rings. The van der Waals surface area contributed by atoms with E-state index in [2.05, 4.69) is 35.2 Å². The van der Waals surface area contributed by atoms with Crippen LogP contribution >= 0.6 is 0 Å². The first-order valence-corrected chi connectivity index (χ1v) is 9.60. The second-order valence-electron chi connectivity index (χ2n) is 7.89. The van der Waals surface area contributed by atoms with E-state index in [0.717, 1.165) is 42.8 Å². The van der Waals surface area contributed by atoms with Gasteiger partial charge >= 0.3 is 0 Å². The van der Waals surface area contributed by atoms with Crippen LogP contribution in [-0.4, -0.2) is 46.3 Å². The van der Waals surface area contributed by atoms with Gasteiger partial charge in [0.05, 0.1) is 23.6 Å². The Labute approximate surface area is 159 Å². The summed E-state index contributed by atoms with van der Waals surface area (Å²) in [5, 5.41) is 3.19. The minimum Gasteiger partial charge on any atom is -0.369 e. The summed E-state index contributed by atoms with van der Waals surface area (Å²) in [6.07, 6.45) is 1.48. The Morgan fingerprint density at radius 2 is 2.04 bits per heavy atom. The second-order valence-corrected chi connectivity index (χ2v) is 7.89. The smallest absolute Gasteiger partial charge is 0.231 e. The topological polar surface area (TPSA) is 104 Å². The molecule has 0 saturated carbocycles. The largest absolute Gasteiger partial charge is 0.369 e. The van der Waals surface area contributed by atoms with E-state index in [1.165, 1.54) is 5.56 Å². The first-order valence-electron chi connectivity index (χ1n) is 9.60. The normalized spacial score (nSPS) is 17.3. The number of amides is 2. The fraction of sp³-hybridized carbons (Fsp3) is 0.550. The van der Waals surface area contributed by atoms with Crippen LogP contribution in [0.1, 0.15) is 44.1 Å². The molecule has 3 rings (SSSR count). The van der Waals surface area contributed by atoms with Crippen LogP contribution in [0, 0.1) is 18.8 Å². The van der Waals surface area contributed by atoms with Crippen molar-refractivity contribution in [3.8, 4) is 0 Å². The number of carbonyl (C=O) groups excluding carboxylic acids is 2. The summed E-state index contributed by atoms with van der Waals surface area (Å²) in [6.45, 7) is 7.92. The van der Waals surface area contributed by atoms with Crippen LogP contribution in [0.4, 0.5) is 0 Å². The highest BCUT2D eigenvalue weighted by molar-refractivity contribution is 5.80. The molecule has 4 N–H and O–H groups in total. The zero-order valence-corrected chi connectivity index (χ0v) is 16.3. The molecule has 0 unspecified atom stereocenters. The maximum Gasteiger partial charge on any atom is 0.231 e. The summed E-state index contributed by atoms with van der Waals surface area (Å²) < 4.78 is 0. The molecule has 7 heteroatoms. The number of fused-ring (bicyclic) bond motifs is 1. The molecule has 7 nitrogen and oxygen atoms in total. The van der Waals surface area contributed by atoms with Crippen molar-refractivity contribution >= 4 is 22.8 Å². The van der Waals surface area contributed by atoms with E-state index in [4.69, 9.17) is 5.73 Å². The lowest BCUT2D eigenvalue weighted by molar-refractivity contribution is -0.127. The number of H-pyrrole nitrogens is 1. The van der Waals surface area contributed by atoms with Crippen LogP contribution in [0.25, 0.3) is 11.0 Å². The summed E-state index contributed by atoms with van der Waals surface area (Å²) in [7, 11) is 0. The number of aromatic nitrogens is 2. The van der Waals surface area contributed by atoms with Crippen LogP contribution in [0.5, 0.6) is 0 Å². The third kappa shape index (κ3) is 4.66. The number of nitrogens with zero attached hydrogens (tertiary/aromatic N) is 2. The van der Waals surface area contributed by atoms with Gasteiger partial charge in [-0.15, -0.1) is 0 Å². The highest BCUT2D eigenvalue weighted by Crippen LogP contribution is 2.25. The molecule has 1 aromatic carbocycles. The van der Waals surface area contributed by atoms with Gasteiger partial charge in [0.1, 0.15) is 5.82 Å². The maximum atomic E-state index is 12.8. The number of aromatic amines is 1. The zero-order valence-electron chi connectivity index (χ0n) is 16.3. The fourth-order valence-corrected chi connectivity index (χ4v) is 3.69. The standard InChI is InChI=1S/C20H29N5O2/c1-12(2)18(19-22-15-5-4-13(3)10-16(15)23-19)24-20(27)14-6-8-25(9-7-14)11-17(21)26/h4-5,10,12,14,18H,6-9,11H2,1-3H3,(H2,21,26)(H,22,23)(H,24,27)/t18-/m0/s1. The van der Waals surface area contributed by atoms with Gasteiger partial charge in [-0.3, -0.25) is 14.5 Å². The van der Waals surface area contributed by atoms with E-state index in [-0.39, 0.29) is 36.2 Å². The molecule has 0 bridgehead atoms. The SMILES string of the molecule is Cc1ccc2nc([C@@H](NC(=O)C3CCN(CC(N)=O)CC3)C(C)C)[nH]c2c1. The molecule has 1 saturated heterocycles. The van der Waals surface area contributed by atoms with E-state index in [0.29, 0.717) is 0 Å². The number of nitrogens with one attached hydrogen (secondary N) is 2. The molecule has 1 aliphatic heterocycles. The summed E-state index contributed by atoms with van der Waals surface area (Å²) in [5.74, 6) is 0.708. The van der Waals surface area contributed by atoms with Gasteiger partial charge in [-0.05, 0) is 56.5 Å². The molecule has 1 fully saturated rings. The van der Waals surface area contributed by atoms with Crippen LogP contribution in [0.3, 0.4) is 0 Å². The van der Waals surface area contributed by atoms with E-state index in [1.54, 1.807) is 0 Å². The van der Waals surface area contributed by atoms with E-state index in [1.807, 2.05) is 24.0 Å². The average molecular weight is 371 g/mol. The first kappa shape index (κ1) is 19.4. The van der Waals surface area contributed by atoms with Crippen LogP contribution in [-0.2, 0) is 9.59 Å². The van der Waals surface area contributed by atoms with Gasteiger partial charge in [0.2, 0.25) is 11.8 Å². The Bertz CT molecular complexity index is 821. The molecule has 1 aliphatic rings. The number of likely N-dealkylation sites (tertiary alicyclic amines) is 1. The Kier molecular flexibility index (Phi) is 5.79. The number of piperidine rings is 1. The van der Waals surface area contributed by atoms with Crippen molar-refractivity contribution in [3.05, 3.63) is 29.6 Å². The molecule has 1 aromatic heterocycles. The third-order valence-corrected chi connectivity index (χ3v) is 5.25. The van der Waals surface area contributed by atoms with Gasteiger partial charge in [-0.2, -0.15) is 0 Å². The number of nitrogens with two attached hydrogens (primary N) is 1. The van der Waals surface area contributed by atoms with E-state index < -0.39 is 0 Å². The predicted octanol–water partition coefficient (Wildman–Crippen LogP) is 1.88. The quantitative estimate of drug-likeness (QED) is 0.721. The third-order valence-electron chi connectivity index (χ3n) is 5.25. The molecule has 0 radical (unpaired) electrons. The second kappa shape index (κ2) is 8.08. The van der Waals surface area contributed by atoms with Gasteiger partial charge in [-0.25, -0.2) is 4.98 Å². The van der Waals surface area contributed by atoms with Crippen LogP contribution in [0.2, 0.25) is 0 Å². The van der Waals surface area contributed by atoms with Crippen molar-refractivity contribution in [2.24, 2.45) is 17.6 Å². The lowest BCUT2D eigenvalue weighted by atomic mass is 9.94. The van der Waals surface area contributed by atoms with E-state index >= 15 is 0 Å². The van der Waals surface area contributed by atoms with Gasteiger partial charge < -0.3 is 16.0 Å². The monoisotopic (exact) mass is 371 g/mol. The zero-order chi connectivity index (χ0) is 19.6. The molecule has 146 valence electrons. The summed E-state index contributed by atoms with van der Waals surface area (Å²) in [4.78, 5) is 33.9. The highest BCUT2D eigenvalue weighted by Gasteiger charge is 2.29. The molecule has 2 amide bonds. The minimum absolute atomic E-state index is 0.0398. The Morgan fingerprint density at radius 3 is 2.67 bits per heavy atom. The van der Waals surface area contributed by atoms with Gasteiger partial charge in [0, 0.05) is 5.92 Å². The van der Waals surface area contributed by atoms with Crippen LogP contribution in [0.15, 0.2) is 18.2 Å². The first-order chi connectivity index (χ1) is 12.8. The number of hydrogen-bond donors (Lipinski definition) is 3. The van der Waals surface area contributed by atoms with E-state index in [9.17, 15) is 9.59 Å². The summed E-state index contributed by atoms with van der Waals surface area (Å²) in [6, 6.07) is 5.95. The molecular formula is C20H29N5O2. The van der Waals surface area contributed by atoms with Gasteiger partial charge in [0.25, 0.3) is 0 Å². The number of aryl methyl sites for hydroxylation is 1. The summed E-state index contributed by atoms with van der Waals surface area (Å²) in [5.41, 5.74) is 8.33. The predicted molar refractivity (Wildman–Crippen MR) is 105 cm³/mol. The number of hydrogen-bond acceptors (Lipinski definition) is 4. The Hall–Kier alpha value is -2.41. The van der Waals surface area contributed by atoms with Crippen molar-refractivity contribution in [2.45, 2.75) is 39.7 Å². The highest BCUT2D eigenvalue weighted by atomic mass is 16.2. The molecule has 2 heterocycles. The number of imidazole rings is 1. The number of rotatable bonds is 6. The van der Waals surface area contributed by atoms with Crippen molar-refractivity contribution in [2.75, 3.05) is 19.6 Å². The van der Waals surface area contributed by atoms with Gasteiger partial charge in [0.15, 0.2) is 0 Å². The number of benzene rings is 1. The average Bonchev–Trinajstić information content (AvgIpc) is 3.01. The lowest BCUT2D eigenvalue weighted by Crippen LogP contribution is -2.44. The summed E-state index contributed by atoms with van der Waals surface area (Å²) >= 11 is 0. The van der Waals surface area contributed by atoms with Crippen molar-refractivity contribution in [1.82, 2.24) is 20.2 Å². The lowest BCUT2D eigenvalue weighted by Gasteiger charge is -2.31. The fourth-order valence-electron chi connectivity index (χ4n) is 3.69. The molecular weight excluding hydrogens is 342 g/mol. The number of primary amides is 1. The minimum atomic E-state index is -0.321. The Balaban J connectivity index is 1.67. The Morgan fingerprint density at radius 1 is 1.33 bits per heavy atom. The van der Waals surface area contributed by atoms with Crippen molar-refractivity contribution in [1.29, 1.82) is 0 Å². The van der Waals surface area contributed by atoms with Crippen LogP contribution < -0.4 is 11.1 Å². The molecule has 0 aliphatic carbocycles. The molecule has 1 atom stereocenters. The van der Waals surface area contributed by atoms with Gasteiger partial charge in [-0.1, -0.05) is 19.9 Å². The maximum absolute atomic E-state index is 12.8. The molecule has 0 spiro atoms. The molecule has 27 heavy (non-hydrogen) atoms. The van der Waals surface area contributed by atoms with Crippen molar-refractivity contribution < 1.29 is 9.59 Å². The van der Waals surface area contributed by atoms with Crippen molar-refractivity contribution in [3.63, 3.8) is 0 Å². The number of carbonyl (C=O) groups is 2.